The lowest BCUT2D eigenvalue weighted by molar-refractivity contribution is -0.151. The lowest BCUT2D eigenvalue weighted by Gasteiger charge is -2.32. The number of ketones is 1. The first-order valence-corrected chi connectivity index (χ1v) is 10.7. The average Bonchev–Trinajstić information content (AvgIpc) is 2.71. The van der Waals surface area contributed by atoms with Crippen LogP contribution in [-0.2, 0) is 15.7 Å². The standard InChI is InChI=1S/C23H20ClF3O6/c24-17-3-1-2-15-18(28)11-20(33-21(15)17)16-5-4-13(23(25,26)27)10-19(16)32-7-6-31-14-8-12(9-14)22(29)30/h1-5,10,12,14,20H,6-9,11H2,(H,29,30). The Balaban J connectivity index is 1.49. The van der Waals surface area contributed by atoms with Gasteiger partial charge in [0, 0.05) is 5.56 Å². The van der Waals surface area contributed by atoms with Gasteiger partial charge in [-0.1, -0.05) is 23.7 Å². The summed E-state index contributed by atoms with van der Waals surface area (Å²) in [6.45, 7) is 0.0202. The zero-order valence-electron chi connectivity index (χ0n) is 17.2. The minimum absolute atomic E-state index is 0.0550. The van der Waals surface area contributed by atoms with E-state index in [-0.39, 0.29) is 53.6 Å². The topological polar surface area (TPSA) is 82.1 Å². The van der Waals surface area contributed by atoms with Crippen LogP contribution in [-0.4, -0.2) is 36.2 Å². The first kappa shape index (κ1) is 23.4. The molecule has 1 unspecified atom stereocenters. The predicted molar refractivity (Wildman–Crippen MR) is 111 cm³/mol. The van der Waals surface area contributed by atoms with Gasteiger partial charge in [0.2, 0.25) is 0 Å². The number of hydrogen-bond donors (Lipinski definition) is 1. The summed E-state index contributed by atoms with van der Waals surface area (Å²) in [5.74, 6) is -1.42. The third-order valence-corrected chi connectivity index (χ3v) is 6.02. The normalized spacial score (nSPS) is 22.2. The Morgan fingerprint density at radius 3 is 2.64 bits per heavy atom. The molecular formula is C23H20ClF3O6. The van der Waals surface area contributed by atoms with Gasteiger partial charge in [0.05, 0.1) is 41.2 Å². The first-order valence-electron chi connectivity index (χ1n) is 10.3. The van der Waals surface area contributed by atoms with Gasteiger partial charge in [-0.2, -0.15) is 13.2 Å². The number of halogens is 4. The summed E-state index contributed by atoms with van der Waals surface area (Å²) in [5.41, 5.74) is -0.288. The molecule has 1 aliphatic heterocycles. The Kier molecular flexibility index (Phi) is 6.54. The van der Waals surface area contributed by atoms with Crippen molar-refractivity contribution < 1.29 is 42.1 Å². The molecule has 0 bridgehead atoms. The maximum atomic E-state index is 13.3. The molecule has 176 valence electrons. The van der Waals surface area contributed by atoms with Crippen molar-refractivity contribution in [1.82, 2.24) is 0 Å². The van der Waals surface area contributed by atoms with Crippen molar-refractivity contribution in [2.75, 3.05) is 13.2 Å². The van der Waals surface area contributed by atoms with Crippen molar-refractivity contribution in [3.05, 3.63) is 58.1 Å². The summed E-state index contributed by atoms with van der Waals surface area (Å²) in [6, 6.07) is 7.78. The van der Waals surface area contributed by atoms with Crippen molar-refractivity contribution in [3.8, 4) is 11.5 Å². The van der Waals surface area contributed by atoms with Gasteiger partial charge in [-0.15, -0.1) is 0 Å². The largest absolute Gasteiger partial charge is 0.491 e. The summed E-state index contributed by atoms with van der Waals surface area (Å²) in [5, 5.41) is 9.13. The number of carboxylic acids is 1. The van der Waals surface area contributed by atoms with Crippen LogP contribution in [0.2, 0.25) is 5.02 Å². The molecule has 1 aliphatic carbocycles. The maximum absolute atomic E-state index is 13.3. The molecular weight excluding hydrogens is 465 g/mol. The fourth-order valence-electron chi connectivity index (χ4n) is 3.86. The predicted octanol–water partition coefficient (Wildman–Crippen LogP) is 5.32. The lowest BCUT2D eigenvalue weighted by atomic mass is 9.82. The molecule has 1 fully saturated rings. The molecule has 33 heavy (non-hydrogen) atoms. The number of carbonyl (C=O) groups excluding carboxylic acids is 1. The number of fused-ring (bicyclic) bond motifs is 1. The van der Waals surface area contributed by atoms with E-state index in [0.717, 1.165) is 12.1 Å². The average molecular weight is 485 g/mol. The minimum atomic E-state index is -4.58. The van der Waals surface area contributed by atoms with Gasteiger partial charge >= 0.3 is 12.1 Å². The maximum Gasteiger partial charge on any atom is 0.416 e. The second kappa shape index (κ2) is 9.23. The van der Waals surface area contributed by atoms with Crippen molar-refractivity contribution in [2.24, 2.45) is 5.92 Å². The third-order valence-electron chi connectivity index (χ3n) is 5.72. The number of para-hydroxylation sites is 1. The number of carbonyl (C=O) groups is 2. The molecule has 1 saturated carbocycles. The summed E-state index contributed by atoms with van der Waals surface area (Å²) >= 11 is 6.16. The van der Waals surface area contributed by atoms with Crippen LogP contribution in [0.1, 0.15) is 46.9 Å². The Labute approximate surface area is 192 Å². The summed E-state index contributed by atoms with van der Waals surface area (Å²) < 4.78 is 56.8. The Morgan fingerprint density at radius 1 is 1.18 bits per heavy atom. The molecule has 0 saturated heterocycles. The van der Waals surface area contributed by atoms with Gasteiger partial charge in [-0.05, 0) is 37.1 Å². The van der Waals surface area contributed by atoms with Gasteiger partial charge in [0.25, 0.3) is 0 Å². The molecule has 0 spiro atoms. The highest BCUT2D eigenvalue weighted by Gasteiger charge is 2.36. The number of hydrogen-bond acceptors (Lipinski definition) is 5. The zero-order valence-corrected chi connectivity index (χ0v) is 18.0. The molecule has 1 heterocycles. The molecule has 4 rings (SSSR count). The van der Waals surface area contributed by atoms with E-state index >= 15 is 0 Å². The van der Waals surface area contributed by atoms with Crippen LogP contribution < -0.4 is 9.47 Å². The third kappa shape index (κ3) is 5.09. The van der Waals surface area contributed by atoms with Crippen LogP contribution in [0.3, 0.4) is 0 Å². The number of ether oxygens (including phenoxy) is 3. The van der Waals surface area contributed by atoms with E-state index in [1.54, 1.807) is 18.2 Å². The van der Waals surface area contributed by atoms with Crippen LogP contribution in [0, 0.1) is 5.92 Å². The number of aliphatic carboxylic acids is 1. The van der Waals surface area contributed by atoms with Crippen molar-refractivity contribution in [2.45, 2.75) is 37.6 Å². The number of Topliss-reactive ketones (excluding diaryl/α,β-unsaturated/α-hetero) is 1. The Hall–Kier alpha value is -2.78. The molecule has 1 atom stereocenters. The summed E-state index contributed by atoms with van der Waals surface area (Å²) in [6.07, 6.45) is -4.96. The molecule has 2 aromatic carbocycles. The second-order valence-corrected chi connectivity index (χ2v) is 8.36. The van der Waals surface area contributed by atoms with E-state index in [2.05, 4.69) is 0 Å². The van der Waals surface area contributed by atoms with Gasteiger partial charge in [-0.3, -0.25) is 9.59 Å². The highest BCUT2D eigenvalue weighted by Crippen LogP contribution is 2.43. The van der Waals surface area contributed by atoms with Gasteiger partial charge in [0.1, 0.15) is 24.2 Å². The zero-order chi connectivity index (χ0) is 23.8. The Bertz CT molecular complexity index is 1060. The van der Waals surface area contributed by atoms with Crippen molar-refractivity contribution >= 4 is 23.4 Å². The monoisotopic (exact) mass is 484 g/mol. The van der Waals surface area contributed by atoms with E-state index in [4.69, 9.17) is 30.9 Å². The van der Waals surface area contributed by atoms with Gasteiger partial charge in [-0.25, -0.2) is 0 Å². The number of carboxylic acid groups (broad SMARTS) is 1. The van der Waals surface area contributed by atoms with Crippen molar-refractivity contribution in [1.29, 1.82) is 0 Å². The van der Waals surface area contributed by atoms with E-state index in [0.29, 0.717) is 18.4 Å². The van der Waals surface area contributed by atoms with Crippen LogP contribution in [0.5, 0.6) is 11.5 Å². The van der Waals surface area contributed by atoms with Crippen LogP contribution in [0.4, 0.5) is 13.2 Å². The summed E-state index contributed by atoms with van der Waals surface area (Å²) in [4.78, 5) is 23.4. The van der Waals surface area contributed by atoms with Crippen LogP contribution in [0.25, 0.3) is 0 Å². The second-order valence-electron chi connectivity index (χ2n) is 7.95. The van der Waals surface area contributed by atoms with Crippen molar-refractivity contribution in [3.63, 3.8) is 0 Å². The SMILES string of the molecule is O=C1CC(c2ccc(C(F)(F)F)cc2OCCOC2CC(C(=O)O)C2)Oc2c(Cl)cccc21. The highest BCUT2D eigenvalue weighted by atomic mass is 35.5. The quantitative estimate of drug-likeness (QED) is 0.535. The van der Waals surface area contributed by atoms with Crippen LogP contribution in [0.15, 0.2) is 36.4 Å². The minimum Gasteiger partial charge on any atom is -0.491 e. The van der Waals surface area contributed by atoms with E-state index < -0.39 is 29.7 Å². The first-order chi connectivity index (χ1) is 15.6. The van der Waals surface area contributed by atoms with Gasteiger partial charge in [0.15, 0.2) is 5.78 Å². The fourth-order valence-corrected chi connectivity index (χ4v) is 4.07. The molecule has 2 aromatic rings. The smallest absolute Gasteiger partial charge is 0.416 e. The number of benzene rings is 2. The molecule has 0 radical (unpaired) electrons. The van der Waals surface area contributed by atoms with E-state index in [1.165, 1.54) is 6.07 Å². The fraction of sp³-hybridized carbons (Fsp3) is 0.391. The summed E-state index contributed by atoms with van der Waals surface area (Å²) in [7, 11) is 0. The molecule has 0 amide bonds. The molecule has 2 aliphatic rings. The molecule has 10 heteroatoms. The molecule has 6 nitrogen and oxygen atoms in total. The van der Waals surface area contributed by atoms with Crippen LogP contribution >= 0.6 is 11.6 Å². The lowest BCUT2D eigenvalue weighted by Crippen LogP contribution is -2.37. The van der Waals surface area contributed by atoms with E-state index in [9.17, 15) is 22.8 Å². The Morgan fingerprint density at radius 2 is 1.94 bits per heavy atom. The van der Waals surface area contributed by atoms with Gasteiger partial charge < -0.3 is 19.3 Å². The number of rotatable bonds is 7. The highest BCUT2D eigenvalue weighted by molar-refractivity contribution is 6.32. The number of alkyl halides is 3. The molecule has 1 N–H and O–H groups in total. The molecule has 0 aromatic heterocycles. The van der Waals surface area contributed by atoms with E-state index in [1.807, 2.05) is 0 Å².